The average molecular weight is 546 g/mol. The average Bonchev–Trinajstić information content (AvgIpc) is 2.78. The molecule has 10 nitrogen and oxygen atoms in total. The summed E-state index contributed by atoms with van der Waals surface area (Å²) in [5, 5.41) is 2.28. The maximum absolute atomic E-state index is 13.0. The molecule has 1 aromatic carbocycles. The number of benzene rings is 1. The molecule has 3 aromatic rings. The Morgan fingerprint density at radius 1 is 1.14 bits per heavy atom. The van der Waals surface area contributed by atoms with Crippen LogP contribution < -0.4 is 19.7 Å². The summed E-state index contributed by atoms with van der Waals surface area (Å²) in [5.41, 5.74) is 0.378. The second kappa shape index (κ2) is 10.1. The quantitative estimate of drug-likeness (QED) is 0.430. The molecule has 0 saturated carbocycles. The molecule has 0 aliphatic carbocycles. The Morgan fingerprint density at radius 3 is 2.56 bits per heavy atom. The number of alkyl halides is 3. The molecule has 2 aromatic heterocycles. The molecule has 0 amide bonds. The van der Waals surface area contributed by atoms with Crippen LogP contribution in [0, 0.1) is 0 Å². The third-order valence-corrected chi connectivity index (χ3v) is 7.23. The maximum atomic E-state index is 13.0. The first-order valence-electron chi connectivity index (χ1n) is 10.8. The van der Waals surface area contributed by atoms with E-state index >= 15 is 0 Å². The fourth-order valence-electron chi connectivity index (χ4n) is 3.53. The smallest absolute Gasteiger partial charge is 0.406 e. The van der Waals surface area contributed by atoms with Gasteiger partial charge in [0.05, 0.1) is 17.4 Å². The predicted molar refractivity (Wildman–Crippen MR) is 131 cm³/mol. The van der Waals surface area contributed by atoms with Crippen LogP contribution in [0.3, 0.4) is 0 Å². The number of ether oxygens (including phenoxy) is 1. The number of nitrogens with zero attached hydrogens (tertiary/aromatic N) is 5. The van der Waals surface area contributed by atoms with Crippen molar-refractivity contribution < 1.29 is 26.3 Å². The van der Waals surface area contributed by atoms with E-state index in [0.717, 1.165) is 25.2 Å². The second-order valence-electron chi connectivity index (χ2n) is 8.20. The lowest BCUT2D eigenvalue weighted by molar-refractivity contribution is -0.274. The molecule has 36 heavy (non-hydrogen) atoms. The van der Waals surface area contributed by atoms with E-state index in [1.54, 1.807) is 0 Å². The summed E-state index contributed by atoms with van der Waals surface area (Å²) in [4.78, 5) is 17.4. The molecule has 4 rings (SSSR count). The number of fused-ring (bicyclic) bond motifs is 1. The number of hydrogen-bond acceptors (Lipinski definition) is 9. The lowest BCUT2D eigenvalue weighted by Crippen LogP contribution is -2.45. The molecule has 194 valence electrons. The van der Waals surface area contributed by atoms with Crippen LogP contribution in [0.5, 0.6) is 5.75 Å². The first-order valence-corrected chi connectivity index (χ1v) is 12.7. The fraction of sp³-hybridized carbons (Fsp3) is 0.381. The zero-order valence-electron chi connectivity index (χ0n) is 19.3. The first-order chi connectivity index (χ1) is 16.9. The summed E-state index contributed by atoms with van der Waals surface area (Å²) in [7, 11) is -2.11. The van der Waals surface area contributed by atoms with Crippen molar-refractivity contribution in [1.29, 1.82) is 0 Å². The highest BCUT2D eigenvalue weighted by molar-refractivity contribution is 7.93. The predicted octanol–water partition coefficient (Wildman–Crippen LogP) is 3.53. The van der Waals surface area contributed by atoms with Crippen molar-refractivity contribution in [3.63, 3.8) is 0 Å². The van der Waals surface area contributed by atoms with Gasteiger partial charge in [0.2, 0.25) is 5.95 Å². The van der Waals surface area contributed by atoms with Crippen molar-refractivity contribution in [2.24, 2.45) is 0 Å². The van der Waals surface area contributed by atoms with Crippen LogP contribution >= 0.6 is 11.6 Å². The van der Waals surface area contributed by atoms with Gasteiger partial charge in [0.25, 0.3) is 10.0 Å². The zero-order chi connectivity index (χ0) is 26.1. The van der Waals surface area contributed by atoms with Crippen molar-refractivity contribution in [2.45, 2.75) is 18.7 Å². The van der Waals surface area contributed by atoms with Crippen LogP contribution in [0.2, 0.25) is 5.15 Å². The Kier molecular flexibility index (Phi) is 7.29. The molecule has 0 bridgehead atoms. The molecule has 0 spiro atoms. The van der Waals surface area contributed by atoms with E-state index in [1.807, 2.05) is 11.9 Å². The van der Waals surface area contributed by atoms with Gasteiger partial charge >= 0.3 is 6.36 Å². The van der Waals surface area contributed by atoms with Crippen molar-refractivity contribution in [3.05, 3.63) is 41.7 Å². The van der Waals surface area contributed by atoms with Crippen LogP contribution in [0.4, 0.5) is 30.6 Å². The van der Waals surface area contributed by atoms with Gasteiger partial charge in [-0.3, -0.25) is 4.72 Å². The minimum absolute atomic E-state index is 0.0942. The van der Waals surface area contributed by atoms with E-state index in [0.29, 0.717) is 29.9 Å². The Balaban J connectivity index is 1.59. The van der Waals surface area contributed by atoms with E-state index in [4.69, 9.17) is 11.6 Å². The molecule has 1 aliphatic heterocycles. The summed E-state index contributed by atoms with van der Waals surface area (Å²) < 4.78 is 69.7. The number of nitrogens with one attached hydrogen (secondary N) is 2. The number of anilines is 3. The van der Waals surface area contributed by atoms with Crippen molar-refractivity contribution in [3.8, 4) is 5.75 Å². The van der Waals surface area contributed by atoms with Gasteiger partial charge in [-0.05, 0) is 32.2 Å². The number of hydrogen-bond donors (Lipinski definition) is 2. The number of piperazine rings is 1. The molecular weight excluding hydrogens is 523 g/mol. The summed E-state index contributed by atoms with van der Waals surface area (Å²) in [6.07, 6.45) is -3.42. The maximum Gasteiger partial charge on any atom is 0.573 e. The standard InChI is InChI=1S/C21H23ClF3N7O3S/c1-13(36(33,34)30-14-4-3-5-15(10-14)35-21(23,24)25)27-19-16-11-18(22)26-12-17(16)28-20(29-19)32-8-6-31(2)7-9-32/h3-5,10-13,30H,6-9H2,1-2H3,(H,27,28,29). The van der Waals surface area contributed by atoms with Gasteiger partial charge in [-0.2, -0.15) is 4.98 Å². The van der Waals surface area contributed by atoms with Gasteiger partial charge in [0, 0.05) is 37.6 Å². The highest BCUT2D eigenvalue weighted by Gasteiger charge is 2.31. The van der Waals surface area contributed by atoms with Gasteiger partial charge in [0.15, 0.2) is 0 Å². The highest BCUT2D eigenvalue weighted by Crippen LogP contribution is 2.28. The van der Waals surface area contributed by atoms with Crippen molar-refractivity contribution in [1.82, 2.24) is 19.9 Å². The van der Waals surface area contributed by atoms with Crippen molar-refractivity contribution >= 4 is 50.0 Å². The molecule has 1 saturated heterocycles. The zero-order valence-corrected chi connectivity index (χ0v) is 20.8. The summed E-state index contributed by atoms with van der Waals surface area (Å²) in [6.45, 7) is 4.39. The Morgan fingerprint density at radius 2 is 1.86 bits per heavy atom. The molecule has 1 aliphatic rings. The molecule has 3 heterocycles. The van der Waals surface area contributed by atoms with Crippen LogP contribution in [-0.2, 0) is 10.0 Å². The first kappa shape index (κ1) is 26.0. The molecule has 2 N–H and O–H groups in total. The Labute approximate surface area is 210 Å². The SMILES string of the molecule is CC(Nc1nc(N2CCN(C)CC2)nc2cnc(Cl)cc12)S(=O)(=O)Nc1cccc(OC(F)(F)F)c1. The van der Waals surface area contributed by atoms with E-state index in [2.05, 4.69) is 34.6 Å². The second-order valence-corrected chi connectivity index (χ2v) is 10.6. The van der Waals surface area contributed by atoms with Crippen LogP contribution in [-0.4, -0.2) is 73.2 Å². The van der Waals surface area contributed by atoms with Gasteiger partial charge in [-0.15, -0.1) is 13.2 Å². The monoisotopic (exact) mass is 545 g/mol. The van der Waals surface area contributed by atoms with Gasteiger partial charge in [-0.1, -0.05) is 17.7 Å². The topological polar surface area (TPSA) is 113 Å². The molecule has 1 fully saturated rings. The van der Waals surface area contributed by atoms with Gasteiger partial charge in [0.1, 0.15) is 22.1 Å². The van der Waals surface area contributed by atoms with Gasteiger partial charge in [-0.25, -0.2) is 18.4 Å². The summed E-state index contributed by atoms with van der Waals surface area (Å²) in [6, 6.07) is 6.08. The molecule has 15 heteroatoms. The Bertz CT molecular complexity index is 1350. The molecule has 1 atom stereocenters. The molecule has 1 unspecified atom stereocenters. The van der Waals surface area contributed by atoms with E-state index in [9.17, 15) is 21.6 Å². The number of rotatable bonds is 7. The van der Waals surface area contributed by atoms with E-state index in [1.165, 1.54) is 31.3 Å². The van der Waals surface area contributed by atoms with Gasteiger partial charge < -0.3 is 19.9 Å². The minimum Gasteiger partial charge on any atom is -0.406 e. The van der Waals surface area contributed by atoms with E-state index < -0.39 is 27.5 Å². The van der Waals surface area contributed by atoms with Crippen LogP contribution in [0.25, 0.3) is 10.9 Å². The largest absolute Gasteiger partial charge is 0.573 e. The normalized spacial score (nSPS) is 16.1. The third kappa shape index (κ3) is 6.36. The molecular formula is C21H23ClF3N7O3S. The summed E-state index contributed by atoms with van der Waals surface area (Å²) in [5.74, 6) is 0.0890. The number of likely N-dealkylation sites (N-methyl/N-ethyl adjacent to an activating group) is 1. The van der Waals surface area contributed by atoms with E-state index in [-0.39, 0.29) is 16.7 Å². The number of halogens is 4. The van der Waals surface area contributed by atoms with Crippen molar-refractivity contribution in [2.75, 3.05) is 48.2 Å². The number of sulfonamides is 1. The molecule has 0 radical (unpaired) electrons. The van der Waals surface area contributed by atoms with Crippen LogP contribution in [0.1, 0.15) is 6.92 Å². The summed E-state index contributed by atoms with van der Waals surface area (Å²) >= 11 is 6.06. The lowest BCUT2D eigenvalue weighted by atomic mass is 10.3. The fourth-order valence-corrected chi connectivity index (χ4v) is 4.59. The third-order valence-electron chi connectivity index (χ3n) is 5.46. The minimum atomic E-state index is -4.90. The number of pyridine rings is 1. The highest BCUT2D eigenvalue weighted by atomic mass is 35.5. The Hall–Kier alpha value is -3.10. The van der Waals surface area contributed by atoms with Crippen LogP contribution in [0.15, 0.2) is 36.5 Å². The number of aromatic nitrogens is 3. The lowest BCUT2D eigenvalue weighted by Gasteiger charge is -2.32.